The number of carbonyl (C=O) groups excluding carboxylic acids is 2. The third-order valence-electron chi connectivity index (χ3n) is 10.5. The standard InChI is InChI=1S/C40H50N8O4S/c1-7-39(3,4)27-13-22-33(32(26-27)40(5,6)8-2)52-25-11-12-34(50)41-28-14-16-29(17-15-28)47-37(51)35(36(43-47)46-23-9-10-24-46)53-38-42-44-45-48(38)30-18-20-31(49)21-19-30/h13-22,26,35,49H,7-12,23-25H2,1-6H3,(H,41,50)/t35-/m0/s1. The molecule has 1 atom stereocenters. The molecule has 1 aromatic heterocycles. The maximum absolute atomic E-state index is 13.9. The van der Waals surface area contributed by atoms with E-state index in [4.69, 9.17) is 9.84 Å². The van der Waals surface area contributed by atoms with Crippen molar-refractivity contribution in [3.8, 4) is 17.2 Å². The van der Waals surface area contributed by atoms with Crippen LogP contribution in [0.5, 0.6) is 11.5 Å². The van der Waals surface area contributed by atoms with Crippen molar-refractivity contribution >= 4 is 40.8 Å². The third kappa shape index (κ3) is 8.51. The minimum absolute atomic E-state index is 0.0355. The maximum atomic E-state index is 13.9. The first-order chi connectivity index (χ1) is 25.4. The summed E-state index contributed by atoms with van der Waals surface area (Å²) in [5.74, 6) is 1.37. The van der Waals surface area contributed by atoms with Crippen LogP contribution in [-0.4, -0.2) is 72.8 Å². The molecule has 3 aromatic carbocycles. The van der Waals surface area contributed by atoms with Gasteiger partial charge in [-0.15, -0.1) is 5.10 Å². The Kier molecular flexibility index (Phi) is 11.4. The minimum atomic E-state index is -0.651. The lowest BCUT2D eigenvalue weighted by molar-refractivity contribution is -0.117. The van der Waals surface area contributed by atoms with E-state index in [0.717, 1.165) is 44.5 Å². The summed E-state index contributed by atoms with van der Waals surface area (Å²) in [7, 11) is 0. The van der Waals surface area contributed by atoms with E-state index in [2.05, 4.69) is 85.5 Å². The van der Waals surface area contributed by atoms with Crippen molar-refractivity contribution in [2.75, 3.05) is 30.0 Å². The highest BCUT2D eigenvalue weighted by molar-refractivity contribution is 8.01. The molecule has 1 saturated heterocycles. The number of hydrazone groups is 1. The molecule has 4 aromatic rings. The number of carbonyl (C=O) groups is 2. The van der Waals surface area contributed by atoms with Crippen LogP contribution in [-0.2, 0) is 20.4 Å². The molecule has 0 spiro atoms. The highest BCUT2D eigenvalue weighted by atomic mass is 32.2. The van der Waals surface area contributed by atoms with Crippen LogP contribution in [0.3, 0.4) is 0 Å². The monoisotopic (exact) mass is 738 g/mol. The average molecular weight is 739 g/mol. The Morgan fingerprint density at radius 3 is 2.30 bits per heavy atom. The number of hydrogen-bond donors (Lipinski definition) is 2. The fraction of sp³-hybridized carbons (Fsp3) is 0.450. The lowest BCUT2D eigenvalue weighted by atomic mass is 9.76. The van der Waals surface area contributed by atoms with Crippen molar-refractivity contribution < 1.29 is 19.4 Å². The van der Waals surface area contributed by atoms with Gasteiger partial charge in [-0.1, -0.05) is 65.4 Å². The van der Waals surface area contributed by atoms with Crippen LogP contribution >= 0.6 is 11.8 Å². The Morgan fingerprint density at radius 2 is 1.62 bits per heavy atom. The molecule has 2 aliphatic rings. The van der Waals surface area contributed by atoms with Gasteiger partial charge in [0.1, 0.15) is 17.3 Å². The first-order valence-electron chi connectivity index (χ1n) is 18.5. The lowest BCUT2D eigenvalue weighted by Gasteiger charge is -2.30. The lowest BCUT2D eigenvalue weighted by Crippen LogP contribution is -2.37. The molecule has 280 valence electrons. The molecule has 13 heteroatoms. The quantitative estimate of drug-likeness (QED) is 0.126. The summed E-state index contributed by atoms with van der Waals surface area (Å²) in [6.45, 7) is 15.5. The topological polar surface area (TPSA) is 138 Å². The summed E-state index contributed by atoms with van der Waals surface area (Å²) < 4.78 is 7.82. The highest BCUT2D eigenvalue weighted by Gasteiger charge is 2.42. The zero-order valence-electron chi connectivity index (χ0n) is 31.5. The molecule has 2 N–H and O–H groups in total. The van der Waals surface area contributed by atoms with E-state index < -0.39 is 5.25 Å². The number of amidine groups is 1. The van der Waals surface area contributed by atoms with Gasteiger partial charge in [-0.25, -0.2) is 0 Å². The zero-order chi connectivity index (χ0) is 37.8. The van der Waals surface area contributed by atoms with E-state index in [1.165, 1.54) is 27.9 Å². The van der Waals surface area contributed by atoms with Gasteiger partial charge in [0.2, 0.25) is 11.1 Å². The van der Waals surface area contributed by atoms with Crippen molar-refractivity contribution in [2.24, 2.45) is 5.10 Å². The number of hydrogen-bond acceptors (Lipinski definition) is 10. The molecule has 2 aliphatic heterocycles. The molecular weight excluding hydrogens is 689 g/mol. The molecule has 0 radical (unpaired) electrons. The van der Waals surface area contributed by atoms with Gasteiger partial charge in [0.15, 0.2) is 5.25 Å². The highest BCUT2D eigenvalue weighted by Crippen LogP contribution is 2.39. The van der Waals surface area contributed by atoms with E-state index in [-0.39, 0.29) is 28.4 Å². The van der Waals surface area contributed by atoms with Crippen molar-refractivity contribution in [1.29, 1.82) is 0 Å². The predicted octanol–water partition coefficient (Wildman–Crippen LogP) is 7.46. The second-order valence-electron chi connectivity index (χ2n) is 14.9. The molecule has 0 unspecified atom stereocenters. The summed E-state index contributed by atoms with van der Waals surface area (Å²) in [5, 5.41) is 30.9. The summed E-state index contributed by atoms with van der Waals surface area (Å²) in [6, 6.07) is 20.2. The number of tetrazole rings is 1. The van der Waals surface area contributed by atoms with Crippen molar-refractivity contribution in [2.45, 2.75) is 101 Å². The summed E-state index contributed by atoms with van der Waals surface area (Å²) >= 11 is 1.24. The van der Waals surface area contributed by atoms with Crippen LogP contribution in [0.2, 0.25) is 0 Å². The van der Waals surface area contributed by atoms with Crippen molar-refractivity contribution in [3.63, 3.8) is 0 Å². The van der Waals surface area contributed by atoms with Gasteiger partial charge in [0, 0.05) is 30.8 Å². The molecule has 53 heavy (non-hydrogen) atoms. The molecule has 12 nitrogen and oxygen atoms in total. The second kappa shape index (κ2) is 16.0. The number of rotatable bonds is 14. The Morgan fingerprint density at radius 1 is 0.943 bits per heavy atom. The van der Waals surface area contributed by atoms with Crippen LogP contribution in [0.25, 0.3) is 5.69 Å². The van der Waals surface area contributed by atoms with E-state index in [1.807, 2.05) is 0 Å². The first-order valence-corrected chi connectivity index (χ1v) is 19.4. The molecule has 2 amide bonds. The molecule has 0 aliphatic carbocycles. The smallest absolute Gasteiger partial charge is 0.268 e. The fourth-order valence-electron chi connectivity index (χ4n) is 6.33. The van der Waals surface area contributed by atoms with Crippen LogP contribution in [0, 0.1) is 0 Å². The number of nitrogens with one attached hydrogen (secondary N) is 1. The number of ether oxygens (including phenoxy) is 1. The first kappa shape index (κ1) is 37.8. The number of nitrogens with zero attached hydrogens (tertiary/aromatic N) is 7. The van der Waals surface area contributed by atoms with Crippen LogP contribution < -0.4 is 15.1 Å². The summed E-state index contributed by atoms with van der Waals surface area (Å²) in [4.78, 5) is 29.0. The van der Waals surface area contributed by atoms with E-state index >= 15 is 0 Å². The SMILES string of the molecule is CCC(C)(C)c1ccc(OCCCC(=O)Nc2ccc(N3N=C(N4CCCC4)[C@H](Sc4nnnn4-c4ccc(O)cc4)C3=O)cc2)c(C(C)(C)CC)c1. The normalized spacial score (nSPS) is 16.3. The zero-order valence-corrected chi connectivity index (χ0v) is 32.3. The number of phenols is 1. The Balaban J connectivity index is 1.07. The second-order valence-corrected chi connectivity index (χ2v) is 16.0. The molecule has 1 fully saturated rings. The molecule has 0 bridgehead atoms. The largest absolute Gasteiger partial charge is 0.508 e. The number of likely N-dealkylation sites (tertiary alicyclic amines) is 1. The average Bonchev–Trinajstić information content (AvgIpc) is 3.93. The number of amides is 2. The van der Waals surface area contributed by atoms with Crippen molar-refractivity contribution in [1.82, 2.24) is 25.1 Å². The Bertz CT molecular complexity index is 1930. The van der Waals surface area contributed by atoms with Gasteiger partial charge in [-0.2, -0.15) is 14.8 Å². The van der Waals surface area contributed by atoms with Gasteiger partial charge >= 0.3 is 0 Å². The van der Waals surface area contributed by atoms with E-state index in [0.29, 0.717) is 47.5 Å². The summed E-state index contributed by atoms with van der Waals surface area (Å²) in [6.07, 6.45) is 4.98. The van der Waals surface area contributed by atoms with Gasteiger partial charge in [-0.05, 0) is 114 Å². The minimum Gasteiger partial charge on any atom is -0.508 e. The molecule has 3 heterocycles. The van der Waals surface area contributed by atoms with Gasteiger partial charge in [0.05, 0.1) is 18.0 Å². The van der Waals surface area contributed by atoms with Crippen LogP contribution in [0.4, 0.5) is 11.4 Å². The summed E-state index contributed by atoms with van der Waals surface area (Å²) in [5.41, 5.74) is 4.45. The molecule has 0 saturated carbocycles. The van der Waals surface area contributed by atoms with E-state index in [9.17, 15) is 14.7 Å². The van der Waals surface area contributed by atoms with Gasteiger partial charge in [-0.3, -0.25) is 9.59 Å². The predicted molar refractivity (Wildman–Crippen MR) is 209 cm³/mol. The number of aromatic nitrogens is 4. The van der Waals surface area contributed by atoms with Crippen LogP contribution in [0.1, 0.15) is 91.2 Å². The third-order valence-corrected chi connectivity index (χ3v) is 11.6. The number of anilines is 2. The van der Waals surface area contributed by atoms with Gasteiger partial charge < -0.3 is 20.1 Å². The number of benzene rings is 3. The Hall–Kier alpha value is -4.91. The molecular formula is C40H50N8O4S. The van der Waals surface area contributed by atoms with Crippen molar-refractivity contribution in [3.05, 3.63) is 77.9 Å². The van der Waals surface area contributed by atoms with Gasteiger partial charge in [0.25, 0.3) is 5.91 Å². The number of aromatic hydroxyl groups is 1. The van der Waals surface area contributed by atoms with E-state index in [1.54, 1.807) is 53.2 Å². The molecule has 6 rings (SSSR count). The maximum Gasteiger partial charge on any atom is 0.268 e. The Labute approximate surface area is 316 Å². The fourth-order valence-corrected chi connectivity index (χ4v) is 7.37. The number of thioether (sulfide) groups is 1. The number of phenolic OH excluding ortho intramolecular Hbond substituents is 1. The van der Waals surface area contributed by atoms with Crippen LogP contribution in [0.15, 0.2) is 77.0 Å².